The van der Waals surface area contributed by atoms with E-state index in [4.69, 9.17) is 6.42 Å². The van der Waals surface area contributed by atoms with E-state index in [1.165, 1.54) is 0 Å². The lowest BCUT2D eigenvalue weighted by atomic mass is 10.1. The SMILES string of the molecule is C#CCCCCNC(=O)c1ccc(F)cc1[N+](=O)[O-]. The van der Waals surface area contributed by atoms with Crippen LogP contribution in [0.2, 0.25) is 0 Å². The third-order valence-corrected chi connectivity index (χ3v) is 2.43. The zero-order valence-electron chi connectivity index (χ0n) is 10.2. The Kier molecular flexibility index (Phi) is 5.48. The summed E-state index contributed by atoms with van der Waals surface area (Å²) in [7, 11) is 0. The molecule has 1 aromatic rings. The molecular formula is C13H13FN2O3. The summed E-state index contributed by atoms with van der Waals surface area (Å²) >= 11 is 0. The molecule has 1 amide bonds. The lowest BCUT2D eigenvalue weighted by Crippen LogP contribution is -2.25. The molecule has 0 fully saturated rings. The summed E-state index contributed by atoms with van der Waals surface area (Å²) in [5, 5.41) is 13.3. The number of carbonyl (C=O) groups excluding carboxylic acids is 1. The van der Waals surface area contributed by atoms with Crippen LogP contribution >= 0.6 is 0 Å². The van der Waals surface area contributed by atoms with Crippen molar-refractivity contribution in [3.63, 3.8) is 0 Å². The molecule has 100 valence electrons. The van der Waals surface area contributed by atoms with Crippen molar-refractivity contribution in [1.29, 1.82) is 0 Å². The highest BCUT2D eigenvalue weighted by Crippen LogP contribution is 2.19. The molecule has 0 spiro atoms. The van der Waals surface area contributed by atoms with Crippen molar-refractivity contribution in [3.05, 3.63) is 39.7 Å². The van der Waals surface area contributed by atoms with Gasteiger partial charge < -0.3 is 5.32 Å². The molecule has 0 heterocycles. The molecule has 0 saturated heterocycles. The number of nitro groups is 1. The van der Waals surface area contributed by atoms with Gasteiger partial charge in [0.25, 0.3) is 11.6 Å². The highest BCUT2D eigenvalue weighted by Gasteiger charge is 2.20. The van der Waals surface area contributed by atoms with Crippen LogP contribution in [0.15, 0.2) is 18.2 Å². The summed E-state index contributed by atoms with van der Waals surface area (Å²) in [5.41, 5.74) is -0.690. The van der Waals surface area contributed by atoms with Crippen LogP contribution in [0.25, 0.3) is 0 Å². The second-order valence-corrected chi connectivity index (χ2v) is 3.84. The smallest absolute Gasteiger partial charge is 0.285 e. The Morgan fingerprint density at radius 2 is 2.21 bits per heavy atom. The first-order chi connectivity index (χ1) is 9.06. The monoisotopic (exact) mass is 264 g/mol. The fourth-order valence-electron chi connectivity index (χ4n) is 1.50. The Bertz CT molecular complexity index is 523. The van der Waals surface area contributed by atoms with Crippen LogP contribution in [0.1, 0.15) is 29.6 Å². The van der Waals surface area contributed by atoms with E-state index in [1.54, 1.807) is 0 Å². The number of amides is 1. The Morgan fingerprint density at radius 3 is 2.84 bits per heavy atom. The number of terminal acetylenes is 1. The number of halogens is 1. The average molecular weight is 264 g/mol. The Hall–Kier alpha value is -2.42. The van der Waals surface area contributed by atoms with E-state index in [-0.39, 0.29) is 5.56 Å². The van der Waals surface area contributed by atoms with Crippen molar-refractivity contribution in [2.45, 2.75) is 19.3 Å². The summed E-state index contributed by atoms with van der Waals surface area (Å²) < 4.78 is 12.9. The highest BCUT2D eigenvalue weighted by atomic mass is 19.1. The zero-order valence-corrected chi connectivity index (χ0v) is 10.2. The van der Waals surface area contributed by atoms with E-state index < -0.39 is 22.3 Å². The molecule has 6 heteroatoms. The van der Waals surface area contributed by atoms with Gasteiger partial charge in [0.1, 0.15) is 11.4 Å². The van der Waals surface area contributed by atoms with Crippen LogP contribution in [0, 0.1) is 28.3 Å². The summed E-state index contributed by atoms with van der Waals surface area (Å²) in [5.74, 6) is 1.13. The van der Waals surface area contributed by atoms with Crippen molar-refractivity contribution in [1.82, 2.24) is 5.32 Å². The minimum Gasteiger partial charge on any atom is -0.352 e. The van der Waals surface area contributed by atoms with Crippen molar-refractivity contribution >= 4 is 11.6 Å². The van der Waals surface area contributed by atoms with Crippen LogP contribution in [-0.2, 0) is 0 Å². The zero-order chi connectivity index (χ0) is 14.3. The van der Waals surface area contributed by atoms with Gasteiger partial charge in [-0.05, 0) is 25.0 Å². The maximum Gasteiger partial charge on any atom is 0.285 e. The van der Waals surface area contributed by atoms with Gasteiger partial charge >= 0.3 is 0 Å². The topological polar surface area (TPSA) is 72.2 Å². The van der Waals surface area contributed by atoms with Crippen molar-refractivity contribution < 1.29 is 14.1 Å². The van der Waals surface area contributed by atoms with Gasteiger partial charge in [-0.3, -0.25) is 14.9 Å². The van der Waals surface area contributed by atoms with E-state index in [0.29, 0.717) is 19.4 Å². The number of nitrogens with one attached hydrogen (secondary N) is 1. The Morgan fingerprint density at radius 1 is 1.47 bits per heavy atom. The van der Waals surface area contributed by atoms with Gasteiger partial charge in [0.15, 0.2) is 0 Å². The molecule has 0 unspecified atom stereocenters. The van der Waals surface area contributed by atoms with Gasteiger partial charge in [-0.15, -0.1) is 12.3 Å². The standard InChI is InChI=1S/C13H13FN2O3/c1-2-3-4-5-8-15-13(17)11-7-6-10(14)9-12(11)16(18)19/h1,6-7,9H,3-5,8H2,(H,15,17). The number of nitro benzene ring substituents is 1. The first-order valence-electron chi connectivity index (χ1n) is 5.72. The van der Waals surface area contributed by atoms with Crippen LogP contribution < -0.4 is 5.32 Å². The first kappa shape index (κ1) is 14.6. The fourth-order valence-corrected chi connectivity index (χ4v) is 1.50. The van der Waals surface area contributed by atoms with E-state index in [9.17, 15) is 19.3 Å². The number of rotatable bonds is 6. The largest absolute Gasteiger partial charge is 0.352 e. The number of carbonyl (C=O) groups is 1. The first-order valence-corrected chi connectivity index (χ1v) is 5.72. The summed E-state index contributed by atoms with van der Waals surface area (Å²) in [6.45, 7) is 0.370. The predicted molar refractivity (Wildman–Crippen MR) is 68.1 cm³/mol. The molecule has 5 nitrogen and oxygen atoms in total. The Labute approximate surface area is 110 Å². The van der Waals surface area contributed by atoms with Crippen LogP contribution in [0.5, 0.6) is 0 Å². The molecule has 0 aliphatic carbocycles. The number of unbranched alkanes of at least 4 members (excludes halogenated alkanes) is 2. The molecule has 0 bridgehead atoms. The molecular weight excluding hydrogens is 251 g/mol. The second-order valence-electron chi connectivity index (χ2n) is 3.84. The molecule has 0 saturated carbocycles. The lowest BCUT2D eigenvalue weighted by molar-refractivity contribution is -0.385. The van der Waals surface area contributed by atoms with Crippen LogP contribution in [0.3, 0.4) is 0 Å². The van der Waals surface area contributed by atoms with Crippen LogP contribution in [-0.4, -0.2) is 17.4 Å². The van der Waals surface area contributed by atoms with Crippen LogP contribution in [0.4, 0.5) is 10.1 Å². The molecule has 0 aromatic heterocycles. The van der Waals surface area contributed by atoms with E-state index in [2.05, 4.69) is 11.2 Å². The third-order valence-electron chi connectivity index (χ3n) is 2.43. The lowest BCUT2D eigenvalue weighted by Gasteiger charge is -2.05. The molecule has 19 heavy (non-hydrogen) atoms. The molecule has 0 atom stereocenters. The highest BCUT2D eigenvalue weighted by molar-refractivity contribution is 5.98. The Balaban J connectivity index is 2.67. The minimum atomic E-state index is -0.781. The van der Waals surface area contributed by atoms with Gasteiger partial charge in [-0.1, -0.05) is 0 Å². The summed E-state index contributed by atoms with van der Waals surface area (Å²) in [6.07, 6.45) is 7.15. The molecule has 1 aromatic carbocycles. The third kappa shape index (κ3) is 4.39. The molecule has 0 radical (unpaired) electrons. The molecule has 1 rings (SSSR count). The number of benzene rings is 1. The van der Waals surface area contributed by atoms with Gasteiger partial charge in [0.05, 0.1) is 11.0 Å². The molecule has 1 N–H and O–H groups in total. The number of nitrogens with zero attached hydrogens (tertiary/aromatic N) is 1. The fraction of sp³-hybridized carbons (Fsp3) is 0.308. The maximum absolute atomic E-state index is 12.9. The van der Waals surface area contributed by atoms with Gasteiger partial charge in [0, 0.05) is 13.0 Å². The molecule has 0 aliphatic rings. The average Bonchev–Trinajstić information content (AvgIpc) is 2.38. The predicted octanol–water partition coefficient (Wildman–Crippen LogP) is 2.27. The normalized spacial score (nSPS) is 9.68. The molecule has 0 aliphatic heterocycles. The number of hydrogen-bond donors (Lipinski definition) is 1. The van der Waals surface area contributed by atoms with Gasteiger partial charge in [-0.25, -0.2) is 4.39 Å². The van der Waals surface area contributed by atoms with Gasteiger partial charge in [0.2, 0.25) is 0 Å². The minimum absolute atomic E-state index is 0.150. The van der Waals surface area contributed by atoms with Crippen molar-refractivity contribution in [3.8, 4) is 12.3 Å². The quantitative estimate of drug-likeness (QED) is 0.371. The van der Waals surface area contributed by atoms with E-state index >= 15 is 0 Å². The second kappa shape index (κ2) is 7.11. The van der Waals surface area contributed by atoms with E-state index in [0.717, 1.165) is 24.6 Å². The summed E-state index contributed by atoms with van der Waals surface area (Å²) in [4.78, 5) is 21.7. The van der Waals surface area contributed by atoms with Crippen molar-refractivity contribution in [2.75, 3.05) is 6.54 Å². The number of hydrogen-bond acceptors (Lipinski definition) is 3. The van der Waals surface area contributed by atoms with Crippen molar-refractivity contribution in [2.24, 2.45) is 0 Å². The summed E-state index contributed by atoms with van der Waals surface area (Å²) in [6, 6.07) is 2.84. The maximum atomic E-state index is 12.9. The van der Waals surface area contributed by atoms with Gasteiger partial charge in [-0.2, -0.15) is 0 Å². The van der Waals surface area contributed by atoms with E-state index in [1.807, 2.05) is 0 Å².